The number of aryl methyl sites for hydroxylation is 1. The predicted octanol–water partition coefficient (Wildman–Crippen LogP) is 4.42. The van der Waals surface area contributed by atoms with E-state index in [4.69, 9.17) is 9.84 Å². The van der Waals surface area contributed by atoms with Gasteiger partial charge in [0.2, 0.25) is 5.91 Å². The Labute approximate surface area is 201 Å². The summed E-state index contributed by atoms with van der Waals surface area (Å²) in [5.41, 5.74) is 4.60. The fourth-order valence-electron chi connectivity index (χ4n) is 4.04. The minimum absolute atomic E-state index is 0.0266. The number of aliphatic carboxylic acids is 1. The van der Waals surface area contributed by atoms with Gasteiger partial charge in [-0.1, -0.05) is 55.5 Å². The number of fused-ring (bicyclic) bond motifs is 3. The van der Waals surface area contributed by atoms with Crippen LogP contribution in [0.15, 0.2) is 54.7 Å². The third-order valence-corrected chi connectivity index (χ3v) is 6.72. The highest BCUT2D eigenvalue weighted by Crippen LogP contribution is 2.44. The van der Waals surface area contributed by atoms with Crippen LogP contribution in [0.4, 0.5) is 9.93 Å². The summed E-state index contributed by atoms with van der Waals surface area (Å²) < 4.78 is 5.53. The van der Waals surface area contributed by atoms with E-state index in [1.54, 1.807) is 13.1 Å². The van der Waals surface area contributed by atoms with Gasteiger partial charge in [0, 0.05) is 23.4 Å². The monoisotopic (exact) mass is 479 g/mol. The molecular formula is C25H25N3O5S. The number of hydrogen-bond acceptors (Lipinski definition) is 6. The molecule has 0 spiro atoms. The van der Waals surface area contributed by atoms with Crippen LogP contribution in [0.5, 0.6) is 0 Å². The molecule has 1 aliphatic rings. The number of ether oxygens (including phenoxy) is 1. The minimum Gasteiger partial charge on any atom is -0.480 e. The van der Waals surface area contributed by atoms with E-state index >= 15 is 0 Å². The number of carboxylic acid groups (broad SMARTS) is 1. The topological polar surface area (TPSA) is 118 Å². The lowest BCUT2D eigenvalue weighted by Gasteiger charge is -2.14. The SMILES string of the molecule is CC[C@@H](NC(=O)CCc1cnc(NC(=O)OCC2c3ccccc3-c3ccccc32)s1)C(=O)O. The molecule has 3 N–H and O–H groups in total. The highest BCUT2D eigenvalue weighted by Gasteiger charge is 2.29. The number of thiazole rings is 1. The van der Waals surface area contributed by atoms with E-state index in [0.29, 0.717) is 18.0 Å². The zero-order chi connectivity index (χ0) is 24.1. The summed E-state index contributed by atoms with van der Waals surface area (Å²) in [5, 5.41) is 14.5. The minimum atomic E-state index is -1.05. The second kappa shape index (κ2) is 10.5. The number of nitrogens with zero attached hydrogens (tertiary/aromatic N) is 1. The number of benzene rings is 2. The molecule has 0 saturated heterocycles. The van der Waals surface area contributed by atoms with Crippen molar-refractivity contribution in [2.45, 2.75) is 38.1 Å². The molecule has 0 radical (unpaired) electrons. The van der Waals surface area contributed by atoms with Crippen molar-refractivity contribution in [3.63, 3.8) is 0 Å². The van der Waals surface area contributed by atoms with E-state index in [1.807, 2.05) is 24.3 Å². The molecule has 0 saturated carbocycles. The van der Waals surface area contributed by atoms with Crippen molar-refractivity contribution < 1.29 is 24.2 Å². The van der Waals surface area contributed by atoms with Gasteiger partial charge in [0.25, 0.3) is 0 Å². The van der Waals surface area contributed by atoms with E-state index in [9.17, 15) is 14.4 Å². The largest absolute Gasteiger partial charge is 0.480 e. The van der Waals surface area contributed by atoms with Crippen LogP contribution in [0.2, 0.25) is 0 Å². The summed E-state index contributed by atoms with van der Waals surface area (Å²) in [6, 6.07) is 15.4. The maximum absolute atomic E-state index is 12.4. The van der Waals surface area contributed by atoms with Crippen LogP contribution in [0.3, 0.4) is 0 Å². The number of nitrogens with one attached hydrogen (secondary N) is 2. The fourth-order valence-corrected chi connectivity index (χ4v) is 4.84. The summed E-state index contributed by atoms with van der Waals surface area (Å²) in [6.45, 7) is 1.91. The first-order valence-corrected chi connectivity index (χ1v) is 11.9. The van der Waals surface area contributed by atoms with Gasteiger partial charge in [0.05, 0.1) is 0 Å². The molecule has 1 aromatic heterocycles. The average molecular weight is 480 g/mol. The van der Waals surface area contributed by atoms with Gasteiger partial charge in [-0.2, -0.15) is 0 Å². The molecule has 1 atom stereocenters. The molecular weight excluding hydrogens is 454 g/mol. The molecule has 3 aromatic rings. The van der Waals surface area contributed by atoms with Gasteiger partial charge in [-0.25, -0.2) is 14.6 Å². The fraction of sp³-hybridized carbons (Fsp3) is 0.280. The molecule has 2 aromatic carbocycles. The number of carboxylic acids is 1. The third-order valence-electron chi connectivity index (χ3n) is 5.75. The van der Waals surface area contributed by atoms with Crippen molar-refractivity contribution >= 4 is 34.4 Å². The van der Waals surface area contributed by atoms with Crippen molar-refractivity contribution in [3.05, 3.63) is 70.7 Å². The molecule has 0 aliphatic heterocycles. The molecule has 2 amide bonds. The third kappa shape index (κ3) is 5.26. The van der Waals surface area contributed by atoms with Crippen LogP contribution >= 0.6 is 11.3 Å². The Morgan fingerprint density at radius 3 is 2.35 bits per heavy atom. The van der Waals surface area contributed by atoms with Gasteiger partial charge < -0.3 is 15.2 Å². The summed E-state index contributed by atoms with van der Waals surface area (Å²) in [4.78, 5) is 40.4. The molecule has 1 heterocycles. The molecule has 0 bridgehead atoms. The van der Waals surface area contributed by atoms with Crippen molar-refractivity contribution in [1.82, 2.24) is 10.3 Å². The Morgan fingerprint density at radius 2 is 1.74 bits per heavy atom. The van der Waals surface area contributed by atoms with Crippen LogP contribution in [0, 0.1) is 0 Å². The predicted molar refractivity (Wildman–Crippen MR) is 129 cm³/mol. The van der Waals surface area contributed by atoms with Gasteiger partial charge in [-0.3, -0.25) is 10.1 Å². The maximum Gasteiger partial charge on any atom is 0.413 e. The van der Waals surface area contributed by atoms with Crippen LogP contribution in [-0.4, -0.2) is 40.7 Å². The highest BCUT2D eigenvalue weighted by molar-refractivity contribution is 7.15. The van der Waals surface area contributed by atoms with Gasteiger partial charge in [0.1, 0.15) is 12.6 Å². The van der Waals surface area contributed by atoms with Crippen molar-refractivity contribution in [2.75, 3.05) is 11.9 Å². The van der Waals surface area contributed by atoms with Crippen LogP contribution in [0.25, 0.3) is 11.1 Å². The standard InChI is InChI=1S/C25H25N3O5S/c1-2-21(23(30)31)27-22(29)12-11-15-13-26-24(34-15)28-25(32)33-14-20-18-9-5-3-7-16(18)17-8-4-6-10-19(17)20/h3-10,13,20-21H,2,11-12,14H2,1H3,(H,27,29)(H,30,31)(H,26,28,32)/t21-/m1/s1. The lowest BCUT2D eigenvalue weighted by Crippen LogP contribution is -2.40. The first kappa shape index (κ1) is 23.4. The van der Waals surface area contributed by atoms with Crippen molar-refractivity contribution in [2.24, 2.45) is 0 Å². The van der Waals surface area contributed by atoms with Gasteiger partial charge >= 0.3 is 12.1 Å². The quantitative estimate of drug-likeness (QED) is 0.418. The molecule has 9 heteroatoms. The smallest absolute Gasteiger partial charge is 0.413 e. The van der Waals surface area contributed by atoms with Crippen molar-refractivity contribution in [3.8, 4) is 11.1 Å². The van der Waals surface area contributed by atoms with E-state index in [2.05, 4.69) is 39.9 Å². The number of anilines is 1. The van der Waals surface area contributed by atoms with E-state index in [0.717, 1.165) is 27.1 Å². The zero-order valence-corrected chi connectivity index (χ0v) is 19.4. The van der Waals surface area contributed by atoms with Gasteiger partial charge in [0.15, 0.2) is 5.13 Å². The number of hydrogen-bond donors (Lipinski definition) is 3. The molecule has 1 aliphatic carbocycles. The van der Waals surface area contributed by atoms with E-state index in [1.165, 1.54) is 11.3 Å². The molecule has 0 unspecified atom stereocenters. The number of aromatic nitrogens is 1. The Balaban J connectivity index is 1.29. The molecule has 176 valence electrons. The van der Waals surface area contributed by atoms with Crippen molar-refractivity contribution in [1.29, 1.82) is 0 Å². The second-order valence-electron chi connectivity index (χ2n) is 7.95. The summed E-state index contributed by atoms with van der Waals surface area (Å²) >= 11 is 1.25. The Bertz CT molecular complexity index is 1160. The zero-order valence-electron chi connectivity index (χ0n) is 18.6. The van der Waals surface area contributed by atoms with Crippen LogP contribution in [-0.2, 0) is 20.7 Å². The van der Waals surface area contributed by atoms with Gasteiger partial charge in [-0.15, -0.1) is 11.3 Å². The molecule has 4 rings (SSSR count). The maximum atomic E-state index is 12.4. The number of carbonyl (C=O) groups excluding carboxylic acids is 2. The molecule has 8 nitrogen and oxygen atoms in total. The van der Waals surface area contributed by atoms with Crippen LogP contribution < -0.4 is 10.6 Å². The molecule has 0 fully saturated rings. The molecule has 34 heavy (non-hydrogen) atoms. The first-order chi connectivity index (χ1) is 16.5. The van der Waals surface area contributed by atoms with Crippen LogP contribution in [0.1, 0.15) is 41.7 Å². The summed E-state index contributed by atoms with van der Waals surface area (Å²) in [5.74, 6) is -1.42. The lowest BCUT2D eigenvalue weighted by molar-refractivity contribution is -0.141. The number of amides is 2. The second-order valence-corrected chi connectivity index (χ2v) is 9.06. The number of rotatable bonds is 9. The Kier molecular flexibility index (Phi) is 7.22. The number of carbonyl (C=O) groups is 3. The average Bonchev–Trinajstić information content (AvgIpc) is 3.41. The normalized spacial score (nSPS) is 13.0. The summed E-state index contributed by atoms with van der Waals surface area (Å²) in [7, 11) is 0. The summed E-state index contributed by atoms with van der Waals surface area (Å²) in [6.07, 6.45) is 1.84. The first-order valence-electron chi connectivity index (χ1n) is 11.0. The van der Waals surface area contributed by atoms with E-state index < -0.39 is 18.1 Å². The van der Waals surface area contributed by atoms with E-state index in [-0.39, 0.29) is 24.9 Å². The Hall–Kier alpha value is -3.72. The lowest BCUT2D eigenvalue weighted by atomic mass is 9.98. The van der Waals surface area contributed by atoms with Gasteiger partial charge in [-0.05, 0) is 35.1 Å². The highest BCUT2D eigenvalue weighted by atomic mass is 32.1. The Morgan fingerprint density at radius 1 is 1.09 bits per heavy atom.